The van der Waals surface area contributed by atoms with Crippen LogP contribution in [0, 0.1) is 0 Å². The van der Waals surface area contributed by atoms with Crippen molar-refractivity contribution in [3.8, 4) is 17.2 Å². The summed E-state index contributed by atoms with van der Waals surface area (Å²) in [4.78, 5) is 14.4. The van der Waals surface area contributed by atoms with E-state index in [2.05, 4.69) is 6.07 Å². The Labute approximate surface area is 147 Å². The van der Waals surface area contributed by atoms with Crippen LogP contribution in [-0.2, 0) is 11.2 Å². The van der Waals surface area contributed by atoms with Crippen molar-refractivity contribution in [3.63, 3.8) is 0 Å². The Morgan fingerprint density at radius 2 is 1.92 bits per heavy atom. The van der Waals surface area contributed by atoms with Crippen LogP contribution >= 0.6 is 0 Å². The van der Waals surface area contributed by atoms with E-state index >= 15 is 0 Å². The van der Waals surface area contributed by atoms with Crippen molar-refractivity contribution in [2.45, 2.75) is 25.0 Å². The van der Waals surface area contributed by atoms with Gasteiger partial charge in [0.1, 0.15) is 23.4 Å². The Balaban J connectivity index is 1.31. The third-order valence-corrected chi connectivity index (χ3v) is 4.70. The molecule has 2 heterocycles. The van der Waals surface area contributed by atoms with E-state index in [0.717, 1.165) is 30.1 Å². The maximum atomic E-state index is 12.6. The van der Waals surface area contributed by atoms with Crippen LogP contribution in [-0.4, -0.2) is 43.2 Å². The number of hydrogen-bond acceptors (Lipinski definition) is 4. The van der Waals surface area contributed by atoms with Gasteiger partial charge in [-0.25, -0.2) is 0 Å². The molecule has 2 aliphatic rings. The third kappa shape index (κ3) is 3.27. The summed E-state index contributed by atoms with van der Waals surface area (Å²) in [6, 6.07) is 15.4. The highest BCUT2D eigenvalue weighted by Crippen LogP contribution is 2.29. The molecule has 0 saturated carbocycles. The first-order valence-corrected chi connectivity index (χ1v) is 8.57. The van der Waals surface area contributed by atoms with Gasteiger partial charge in [-0.05, 0) is 36.6 Å². The quantitative estimate of drug-likeness (QED) is 0.859. The van der Waals surface area contributed by atoms with Crippen molar-refractivity contribution < 1.29 is 19.0 Å². The summed E-state index contributed by atoms with van der Waals surface area (Å²) < 4.78 is 17.0. The number of para-hydroxylation sites is 1. The first kappa shape index (κ1) is 15.8. The molecule has 2 aliphatic heterocycles. The van der Waals surface area contributed by atoms with Crippen LogP contribution in [0.15, 0.2) is 48.5 Å². The van der Waals surface area contributed by atoms with Crippen LogP contribution in [0.2, 0.25) is 0 Å². The lowest BCUT2D eigenvalue weighted by Crippen LogP contribution is -2.59. The van der Waals surface area contributed by atoms with Crippen LogP contribution in [0.5, 0.6) is 17.2 Å². The zero-order valence-electron chi connectivity index (χ0n) is 14.2. The largest absolute Gasteiger partial charge is 0.497 e. The lowest BCUT2D eigenvalue weighted by molar-refractivity contribution is -0.148. The fraction of sp³-hybridized carbons (Fsp3) is 0.350. The number of amides is 1. The van der Waals surface area contributed by atoms with E-state index in [1.54, 1.807) is 7.11 Å². The van der Waals surface area contributed by atoms with Crippen molar-refractivity contribution in [2.24, 2.45) is 0 Å². The van der Waals surface area contributed by atoms with Gasteiger partial charge in [0.05, 0.1) is 20.2 Å². The maximum absolute atomic E-state index is 12.6. The molecule has 0 radical (unpaired) electrons. The number of likely N-dealkylation sites (tertiary alicyclic amines) is 1. The van der Waals surface area contributed by atoms with Crippen molar-refractivity contribution in [2.75, 3.05) is 20.2 Å². The molecular formula is C20H21NO4. The Kier molecular flexibility index (Phi) is 4.22. The number of fused-ring (bicyclic) bond motifs is 1. The van der Waals surface area contributed by atoms with E-state index < -0.39 is 0 Å². The molecule has 0 unspecified atom stereocenters. The molecule has 2 aromatic rings. The number of nitrogens with zero attached hydrogens (tertiary/aromatic N) is 1. The predicted molar refractivity (Wildman–Crippen MR) is 93.2 cm³/mol. The minimum Gasteiger partial charge on any atom is -0.497 e. The first-order valence-electron chi connectivity index (χ1n) is 8.57. The Hall–Kier alpha value is -2.69. The highest BCUT2D eigenvalue weighted by atomic mass is 16.5. The van der Waals surface area contributed by atoms with Crippen molar-refractivity contribution >= 4 is 5.91 Å². The first-order chi connectivity index (χ1) is 12.2. The standard InChI is InChI=1S/C20H21NO4/c1-23-15-6-4-7-16(11-15)24-17-12-21(13-17)20(22)19-10-9-14-5-2-3-8-18(14)25-19/h2-8,11,17,19H,9-10,12-13H2,1H3/t19-/m0/s1. The highest BCUT2D eigenvalue weighted by molar-refractivity contribution is 5.82. The Morgan fingerprint density at radius 1 is 1.12 bits per heavy atom. The number of hydrogen-bond donors (Lipinski definition) is 0. The smallest absolute Gasteiger partial charge is 0.263 e. The van der Waals surface area contributed by atoms with Crippen LogP contribution < -0.4 is 14.2 Å². The van der Waals surface area contributed by atoms with Crippen molar-refractivity contribution in [3.05, 3.63) is 54.1 Å². The number of methoxy groups -OCH3 is 1. The van der Waals surface area contributed by atoms with Crippen LogP contribution in [0.25, 0.3) is 0 Å². The van der Waals surface area contributed by atoms with E-state index in [0.29, 0.717) is 13.1 Å². The zero-order chi connectivity index (χ0) is 17.2. The highest BCUT2D eigenvalue weighted by Gasteiger charge is 2.38. The third-order valence-electron chi connectivity index (χ3n) is 4.70. The molecule has 4 rings (SSSR count). The fourth-order valence-corrected chi connectivity index (χ4v) is 3.26. The van der Waals surface area contributed by atoms with Crippen LogP contribution in [0.1, 0.15) is 12.0 Å². The average molecular weight is 339 g/mol. The van der Waals surface area contributed by atoms with Crippen molar-refractivity contribution in [1.82, 2.24) is 4.90 Å². The van der Waals surface area contributed by atoms with Gasteiger partial charge < -0.3 is 19.1 Å². The summed E-state index contributed by atoms with van der Waals surface area (Å²) in [6.07, 6.45) is 1.25. The summed E-state index contributed by atoms with van der Waals surface area (Å²) in [6.45, 7) is 1.19. The van der Waals surface area contributed by atoms with Gasteiger partial charge in [-0.3, -0.25) is 4.79 Å². The molecule has 0 bridgehead atoms. The molecule has 5 heteroatoms. The average Bonchev–Trinajstić information content (AvgIpc) is 2.63. The molecule has 0 N–H and O–H groups in total. The van der Waals surface area contributed by atoms with Gasteiger partial charge in [0.2, 0.25) is 0 Å². The van der Waals surface area contributed by atoms with E-state index in [9.17, 15) is 4.79 Å². The monoisotopic (exact) mass is 339 g/mol. The molecule has 1 amide bonds. The zero-order valence-corrected chi connectivity index (χ0v) is 14.2. The van der Waals surface area contributed by atoms with E-state index in [1.807, 2.05) is 47.4 Å². The summed E-state index contributed by atoms with van der Waals surface area (Å²) in [5.74, 6) is 2.41. The second kappa shape index (κ2) is 6.67. The number of benzene rings is 2. The molecule has 0 aromatic heterocycles. The maximum Gasteiger partial charge on any atom is 0.263 e. The molecule has 25 heavy (non-hydrogen) atoms. The predicted octanol–water partition coefficient (Wildman–Crippen LogP) is 2.68. The summed E-state index contributed by atoms with van der Waals surface area (Å²) in [7, 11) is 1.63. The molecule has 5 nitrogen and oxygen atoms in total. The van der Waals surface area contributed by atoms with E-state index in [-0.39, 0.29) is 18.1 Å². The number of ether oxygens (including phenoxy) is 3. The number of carbonyl (C=O) groups is 1. The summed E-state index contributed by atoms with van der Waals surface area (Å²) in [5.41, 5.74) is 1.18. The molecule has 0 aliphatic carbocycles. The normalized spacial score (nSPS) is 19.4. The Morgan fingerprint density at radius 3 is 2.76 bits per heavy atom. The second-order valence-corrected chi connectivity index (χ2v) is 6.41. The lowest BCUT2D eigenvalue weighted by Gasteiger charge is -2.41. The SMILES string of the molecule is COc1cccc(OC2CN(C(=O)[C@@H]3CCc4ccccc4O3)C2)c1. The molecule has 130 valence electrons. The molecule has 1 fully saturated rings. The minimum atomic E-state index is -0.382. The second-order valence-electron chi connectivity index (χ2n) is 6.41. The molecule has 2 aromatic carbocycles. The van der Waals surface area contributed by atoms with Gasteiger partial charge in [0, 0.05) is 6.07 Å². The Bertz CT molecular complexity index is 770. The molecule has 1 atom stereocenters. The molecule has 1 saturated heterocycles. The molecule has 0 spiro atoms. The van der Waals surface area contributed by atoms with E-state index in [1.165, 1.54) is 5.56 Å². The number of carbonyl (C=O) groups excluding carboxylic acids is 1. The van der Waals surface area contributed by atoms with Gasteiger partial charge in [-0.15, -0.1) is 0 Å². The fourth-order valence-electron chi connectivity index (χ4n) is 3.26. The van der Waals surface area contributed by atoms with Gasteiger partial charge >= 0.3 is 0 Å². The topological polar surface area (TPSA) is 48.0 Å². The van der Waals surface area contributed by atoms with Gasteiger partial charge in [-0.2, -0.15) is 0 Å². The summed E-state index contributed by atoms with van der Waals surface area (Å²) in [5, 5.41) is 0. The van der Waals surface area contributed by atoms with E-state index in [4.69, 9.17) is 14.2 Å². The number of aryl methyl sites for hydroxylation is 1. The van der Waals surface area contributed by atoms with Gasteiger partial charge in [0.15, 0.2) is 6.10 Å². The van der Waals surface area contributed by atoms with Gasteiger partial charge in [-0.1, -0.05) is 24.3 Å². The number of rotatable bonds is 4. The summed E-state index contributed by atoms with van der Waals surface area (Å²) >= 11 is 0. The van der Waals surface area contributed by atoms with Crippen LogP contribution in [0.4, 0.5) is 0 Å². The molecular weight excluding hydrogens is 318 g/mol. The lowest BCUT2D eigenvalue weighted by atomic mass is 10.0. The van der Waals surface area contributed by atoms with Gasteiger partial charge in [0.25, 0.3) is 5.91 Å². The van der Waals surface area contributed by atoms with Crippen molar-refractivity contribution in [1.29, 1.82) is 0 Å². The minimum absolute atomic E-state index is 0.0203. The van der Waals surface area contributed by atoms with Crippen LogP contribution in [0.3, 0.4) is 0 Å².